The lowest BCUT2D eigenvalue weighted by molar-refractivity contribution is 0.101. The fourth-order valence-corrected chi connectivity index (χ4v) is 2.60. The molecule has 0 bridgehead atoms. The molecule has 0 fully saturated rings. The summed E-state index contributed by atoms with van der Waals surface area (Å²) in [6.45, 7) is 7.88. The first-order valence-electron chi connectivity index (χ1n) is 6.39. The fourth-order valence-electron chi connectivity index (χ4n) is 1.91. The maximum absolute atomic E-state index is 12.2. The van der Waals surface area contributed by atoms with Gasteiger partial charge in [0.05, 0.1) is 0 Å². The van der Waals surface area contributed by atoms with Crippen LogP contribution in [0.2, 0.25) is 0 Å². The van der Waals surface area contributed by atoms with Crippen LogP contribution in [0.3, 0.4) is 0 Å². The van der Waals surface area contributed by atoms with E-state index in [0.717, 1.165) is 21.3 Å². The highest BCUT2D eigenvalue weighted by molar-refractivity contribution is 9.10. The van der Waals surface area contributed by atoms with Crippen LogP contribution in [0, 0.1) is 13.8 Å². The van der Waals surface area contributed by atoms with Gasteiger partial charge in [-0.1, -0.05) is 29.8 Å². The number of benzene rings is 1. The molecule has 2 aromatic rings. The van der Waals surface area contributed by atoms with Gasteiger partial charge >= 0.3 is 0 Å². The summed E-state index contributed by atoms with van der Waals surface area (Å²) < 4.78 is 0.991. The lowest BCUT2D eigenvalue weighted by Crippen LogP contribution is -2.15. The van der Waals surface area contributed by atoms with Gasteiger partial charge in [0.1, 0.15) is 5.82 Å². The van der Waals surface area contributed by atoms with Crippen molar-refractivity contribution in [2.45, 2.75) is 33.6 Å². The number of carbonyl (C=O) groups is 1. The number of rotatable bonds is 3. The number of hydrogen-bond acceptors (Lipinski definition) is 3. The molecule has 0 spiro atoms. The normalized spacial score (nSPS) is 10.9. The SMILES string of the molecule is Cc1cc(Br)cc(C)c1NC(=O)c1n[nH]c(C(C)C)n1. The lowest BCUT2D eigenvalue weighted by atomic mass is 10.1. The van der Waals surface area contributed by atoms with Crippen LogP contribution in [0.4, 0.5) is 5.69 Å². The van der Waals surface area contributed by atoms with Crippen molar-refractivity contribution in [2.75, 3.05) is 5.32 Å². The summed E-state index contributed by atoms with van der Waals surface area (Å²) in [6, 6.07) is 3.92. The highest BCUT2D eigenvalue weighted by Gasteiger charge is 2.16. The average Bonchev–Trinajstić information content (AvgIpc) is 2.83. The van der Waals surface area contributed by atoms with Gasteiger partial charge in [0.2, 0.25) is 5.82 Å². The zero-order chi connectivity index (χ0) is 14.9. The van der Waals surface area contributed by atoms with E-state index in [1.165, 1.54) is 0 Å². The first-order valence-corrected chi connectivity index (χ1v) is 7.18. The average molecular weight is 337 g/mol. The molecule has 0 radical (unpaired) electrons. The van der Waals surface area contributed by atoms with Crippen molar-refractivity contribution in [3.05, 3.63) is 39.4 Å². The van der Waals surface area contributed by atoms with E-state index < -0.39 is 0 Å². The van der Waals surface area contributed by atoms with E-state index in [4.69, 9.17) is 0 Å². The molecule has 1 aromatic carbocycles. The third-order valence-electron chi connectivity index (χ3n) is 2.99. The number of nitrogens with one attached hydrogen (secondary N) is 2. The van der Waals surface area contributed by atoms with Crippen molar-refractivity contribution in [2.24, 2.45) is 0 Å². The van der Waals surface area contributed by atoms with E-state index in [0.29, 0.717) is 5.82 Å². The highest BCUT2D eigenvalue weighted by Crippen LogP contribution is 2.25. The number of carbonyl (C=O) groups excluding carboxylic acids is 1. The quantitative estimate of drug-likeness (QED) is 0.900. The fraction of sp³-hybridized carbons (Fsp3) is 0.357. The monoisotopic (exact) mass is 336 g/mol. The van der Waals surface area contributed by atoms with Gasteiger partial charge in [-0.15, -0.1) is 5.10 Å². The second-order valence-corrected chi connectivity index (χ2v) is 5.98. The number of anilines is 1. The minimum atomic E-state index is -0.304. The predicted octanol–water partition coefficient (Wildman–Crippen LogP) is 3.56. The number of halogens is 1. The molecule has 0 saturated carbocycles. The van der Waals surface area contributed by atoms with Gasteiger partial charge in [0.25, 0.3) is 5.91 Å². The van der Waals surface area contributed by atoms with E-state index >= 15 is 0 Å². The molecular weight excluding hydrogens is 320 g/mol. The summed E-state index contributed by atoms with van der Waals surface area (Å²) >= 11 is 3.44. The van der Waals surface area contributed by atoms with Crippen molar-refractivity contribution in [1.29, 1.82) is 0 Å². The predicted molar refractivity (Wildman–Crippen MR) is 82.0 cm³/mol. The molecule has 6 heteroatoms. The molecular formula is C14H17BrN4O. The van der Waals surface area contributed by atoms with Gasteiger partial charge in [0.15, 0.2) is 0 Å². The van der Waals surface area contributed by atoms with Crippen molar-refractivity contribution in [1.82, 2.24) is 15.2 Å². The molecule has 1 amide bonds. The Bertz CT molecular complexity index is 625. The first-order chi connectivity index (χ1) is 9.38. The van der Waals surface area contributed by atoms with Gasteiger partial charge < -0.3 is 5.32 Å². The second-order valence-electron chi connectivity index (χ2n) is 5.07. The van der Waals surface area contributed by atoms with E-state index in [1.54, 1.807) is 0 Å². The Morgan fingerprint density at radius 3 is 2.40 bits per heavy atom. The minimum absolute atomic E-state index is 0.162. The molecule has 0 aliphatic rings. The third-order valence-corrected chi connectivity index (χ3v) is 3.45. The number of aromatic amines is 1. The van der Waals surface area contributed by atoms with Crippen LogP contribution in [0.1, 0.15) is 47.3 Å². The van der Waals surface area contributed by atoms with Crippen molar-refractivity contribution < 1.29 is 4.79 Å². The van der Waals surface area contributed by atoms with Crippen molar-refractivity contribution in [3.63, 3.8) is 0 Å². The summed E-state index contributed by atoms with van der Waals surface area (Å²) in [5.41, 5.74) is 2.78. The molecule has 106 valence electrons. The summed E-state index contributed by atoms with van der Waals surface area (Å²) in [7, 11) is 0. The van der Waals surface area contributed by atoms with Crippen molar-refractivity contribution in [3.8, 4) is 0 Å². The Hall–Kier alpha value is -1.69. The maximum atomic E-state index is 12.2. The van der Waals surface area contributed by atoms with E-state index in [9.17, 15) is 4.79 Å². The van der Waals surface area contributed by atoms with E-state index in [2.05, 4.69) is 36.4 Å². The van der Waals surface area contributed by atoms with Gasteiger partial charge in [-0.2, -0.15) is 0 Å². The molecule has 1 aromatic heterocycles. The summed E-state index contributed by atoms with van der Waals surface area (Å²) in [5.74, 6) is 0.775. The number of nitrogens with zero attached hydrogens (tertiary/aromatic N) is 2. The second kappa shape index (κ2) is 5.75. The molecule has 0 unspecified atom stereocenters. The number of aromatic nitrogens is 3. The van der Waals surface area contributed by atoms with Crippen LogP contribution >= 0.6 is 15.9 Å². The number of hydrogen-bond donors (Lipinski definition) is 2. The van der Waals surface area contributed by atoms with Crippen LogP contribution in [0.15, 0.2) is 16.6 Å². The number of amides is 1. The lowest BCUT2D eigenvalue weighted by Gasteiger charge is -2.11. The molecule has 0 atom stereocenters. The van der Waals surface area contributed by atoms with Crippen LogP contribution in [-0.2, 0) is 0 Å². The Morgan fingerprint density at radius 2 is 1.90 bits per heavy atom. The van der Waals surface area contributed by atoms with Gasteiger partial charge in [-0.25, -0.2) is 4.98 Å². The van der Waals surface area contributed by atoms with Crippen LogP contribution in [0.25, 0.3) is 0 Å². The van der Waals surface area contributed by atoms with E-state index in [1.807, 2.05) is 39.8 Å². The summed E-state index contributed by atoms with van der Waals surface area (Å²) in [6.07, 6.45) is 0. The summed E-state index contributed by atoms with van der Waals surface area (Å²) in [4.78, 5) is 16.4. The van der Waals surface area contributed by atoms with Crippen molar-refractivity contribution >= 4 is 27.5 Å². The smallest absolute Gasteiger partial charge is 0.295 e. The molecule has 0 aliphatic heterocycles. The van der Waals surface area contributed by atoms with E-state index in [-0.39, 0.29) is 17.6 Å². The highest BCUT2D eigenvalue weighted by atomic mass is 79.9. The molecule has 0 saturated heterocycles. The first kappa shape index (κ1) is 14.7. The van der Waals surface area contributed by atoms with Gasteiger partial charge in [-0.05, 0) is 37.1 Å². The summed E-state index contributed by atoms with van der Waals surface area (Å²) in [5, 5.41) is 9.60. The van der Waals surface area contributed by atoms with Gasteiger partial charge in [0, 0.05) is 16.1 Å². The Balaban J connectivity index is 2.23. The molecule has 2 N–H and O–H groups in total. The van der Waals surface area contributed by atoms with Gasteiger partial charge in [-0.3, -0.25) is 9.89 Å². The third kappa shape index (κ3) is 3.07. The van der Waals surface area contributed by atoms with Crippen LogP contribution in [0.5, 0.6) is 0 Å². The standard InChI is InChI=1S/C14H17BrN4O/c1-7(2)12-17-13(19-18-12)14(20)16-11-8(3)5-10(15)6-9(11)4/h5-7H,1-4H3,(H,16,20)(H,17,18,19). The largest absolute Gasteiger partial charge is 0.319 e. The van der Waals surface area contributed by atoms with Crippen LogP contribution < -0.4 is 5.32 Å². The number of H-pyrrole nitrogens is 1. The van der Waals surface area contributed by atoms with Crippen LogP contribution in [-0.4, -0.2) is 21.1 Å². The molecule has 20 heavy (non-hydrogen) atoms. The number of aryl methyl sites for hydroxylation is 2. The topological polar surface area (TPSA) is 70.7 Å². The Morgan fingerprint density at radius 1 is 1.30 bits per heavy atom. The Kier molecular flexibility index (Phi) is 4.23. The minimum Gasteiger partial charge on any atom is -0.319 e. The molecule has 1 heterocycles. The zero-order valence-corrected chi connectivity index (χ0v) is 13.5. The Labute approximate surface area is 126 Å². The molecule has 0 aliphatic carbocycles. The maximum Gasteiger partial charge on any atom is 0.295 e. The molecule has 2 rings (SSSR count). The molecule has 5 nitrogen and oxygen atoms in total. The zero-order valence-electron chi connectivity index (χ0n) is 11.9.